The number of para-hydroxylation sites is 3. The Balaban J connectivity index is 1.21. The first-order chi connectivity index (χ1) is 25.3. The maximum Gasteiger partial charge on any atom is 0.0547 e. The Morgan fingerprint density at radius 1 is 0.294 bits per heavy atom. The third-order valence-corrected chi connectivity index (χ3v) is 11.7. The molecule has 0 saturated heterocycles. The summed E-state index contributed by atoms with van der Waals surface area (Å²) in [5, 5.41) is 7.65. The minimum atomic E-state index is 1.16. The molecule has 0 unspecified atom stereocenters. The molecule has 0 fully saturated rings. The first kappa shape index (κ1) is 28.4. The van der Waals surface area contributed by atoms with Gasteiger partial charge in [0, 0.05) is 53.1 Å². The smallest absolute Gasteiger partial charge is 0.0547 e. The maximum absolute atomic E-state index is 2.46. The fourth-order valence-corrected chi connectivity index (χ4v) is 9.32. The lowest BCUT2D eigenvalue weighted by molar-refractivity contribution is 1.18. The summed E-state index contributed by atoms with van der Waals surface area (Å²) in [4.78, 5) is 0. The number of benzene rings is 8. The lowest BCUT2D eigenvalue weighted by Gasteiger charge is -2.15. The Morgan fingerprint density at radius 3 is 1.65 bits per heavy atom. The molecule has 3 heteroatoms. The molecule has 3 aromatic heterocycles. The van der Waals surface area contributed by atoms with Gasteiger partial charge >= 0.3 is 0 Å². The zero-order valence-corrected chi connectivity index (χ0v) is 28.4. The molecule has 238 valence electrons. The van der Waals surface area contributed by atoms with Crippen molar-refractivity contribution < 1.29 is 0 Å². The highest BCUT2D eigenvalue weighted by Crippen LogP contribution is 2.43. The molecule has 2 nitrogen and oxygen atoms in total. The molecule has 11 aromatic rings. The highest BCUT2D eigenvalue weighted by atomic mass is 32.1. The van der Waals surface area contributed by atoms with Gasteiger partial charge in [0.05, 0.1) is 22.1 Å². The van der Waals surface area contributed by atoms with Gasteiger partial charge < -0.3 is 9.13 Å². The van der Waals surface area contributed by atoms with E-state index in [-0.39, 0.29) is 0 Å². The number of fused-ring (bicyclic) bond motifs is 9. The molecular formula is C48H30N2S. The normalized spacial score (nSPS) is 11.9. The Morgan fingerprint density at radius 2 is 0.863 bits per heavy atom. The number of hydrogen-bond donors (Lipinski definition) is 0. The van der Waals surface area contributed by atoms with Crippen LogP contribution in [0.1, 0.15) is 0 Å². The average Bonchev–Trinajstić information content (AvgIpc) is 3.85. The van der Waals surface area contributed by atoms with Crippen LogP contribution in [0.15, 0.2) is 182 Å². The molecule has 11 rings (SSSR count). The molecule has 0 aliphatic rings. The fourth-order valence-electron chi connectivity index (χ4n) is 8.24. The predicted octanol–water partition coefficient (Wildman–Crippen LogP) is 13.6. The van der Waals surface area contributed by atoms with Crippen LogP contribution in [0.2, 0.25) is 0 Å². The predicted molar refractivity (Wildman–Crippen MR) is 219 cm³/mol. The summed E-state index contributed by atoms with van der Waals surface area (Å²) in [5.74, 6) is 0. The third-order valence-electron chi connectivity index (χ3n) is 10.5. The number of thiophene rings is 1. The molecule has 8 aromatic carbocycles. The summed E-state index contributed by atoms with van der Waals surface area (Å²) < 4.78 is 7.51. The summed E-state index contributed by atoms with van der Waals surface area (Å²) in [6, 6.07) is 66.8. The lowest BCUT2D eigenvalue weighted by Crippen LogP contribution is -1.95. The summed E-state index contributed by atoms with van der Waals surface area (Å²) in [5.41, 5.74) is 12.0. The van der Waals surface area contributed by atoms with Gasteiger partial charge in [0.1, 0.15) is 0 Å². The zero-order valence-electron chi connectivity index (χ0n) is 27.6. The van der Waals surface area contributed by atoms with Crippen LogP contribution in [-0.4, -0.2) is 9.13 Å². The van der Waals surface area contributed by atoms with Crippen molar-refractivity contribution in [1.29, 1.82) is 0 Å². The van der Waals surface area contributed by atoms with Crippen molar-refractivity contribution >= 4 is 75.1 Å². The first-order valence-electron chi connectivity index (χ1n) is 17.4. The molecule has 3 heterocycles. The van der Waals surface area contributed by atoms with Gasteiger partial charge in [-0.15, -0.1) is 11.3 Å². The van der Waals surface area contributed by atoms with Gasteiger partial charge in [-0.05, 0) is 89.0 Å². The first-order valence-corrected chi connectivity index (χ1v) is 18.3. The number of hydrogen-bond acceptors (Lipinski definition) is 1. The van der Waals surface area contributed by atoms with Crippen LogP contribution in [0.4, 0.5) is 0 Å². The fraction of sp³-hybridized carbons (Fsp3) is 0. The van der Waals surface area contributed by atoms with Crippen molar-refractivity contribution in [2.45, 2.75) is 0 Å². The molecule has 51 heavy (non-hydrogen) atoms. The monoisotopic (exact) mass is 666 g/mol. The number of aromatic nitrogens is 2. The van der Waals surface area contributed by atoms with E-state index < -0.39 is 0 Å². The second-order valence-corrected chi connectivity index (χ2v) is 14.4. The van der Waals surface area contributed by atoms with Crippen LogP contribution >= 0.6 is 11.3 Å². The largest absolute Gasteiger partial charge is 0.309 e. The van der Waals surface area contributed by atoms with E-state index in [4.69, 9.17) is 0 Å². The molecule has 0 amide bonds. The second kappa shape index (κ2) is 11.0. The van der Waals surface area contributed by atoms with Gasteiger partial charge in [-0.2, -0.15) is 0 Å². The Kier molecular flexibility index (Phi) is 6.16. The van der Waals surface area contributed by atoms with Crippen LogP contribution in [0.3, 0.4) is 0 Å². The number of nitrogens with zero attached hydrogens (tertiary/aromatic N) is 2. The summed E-state index contributed by atoms with van der Waals surface area (Å²) >= 11 is 1.86. The van der Waals surface area contributed by atoms with Crippen molar-refractivity contribution in [3.63, 3.8) is 0 Å². The maximum atomic E-state index is 2.46. The van der Waals surface area contributed by atoms with E-state index in [0.29, 0.717) is 0 Å². The van der Waals surface area contributed by atoms with Crippen LogP contribution in [0.5, 0.6) is 0 Å². The van der Waals surface area contributed by atoms with Gasteiger partial charge in [-0.1, -0.05) is 115 Å². The quantitative estimate of drug-likeness (QED) is 0.177. The van der Waals surface area contributed by atoms with E-state index in [0.717, 1.165) is 5.69 Å². The van der Waals surface area contributed by atoms with E-state index in [1.807, 2.05) is 11.3 Å². The van der Waals surface area contributed by atoms with E-state index in [2.05, 4.69) is 191 Å². The van der Waals surface area contributed by atoms with E-state index in [9.17, 15) is 0 Å². The van der Waals surface area contributed by atoms with Gasteiger partial charge in [0.25, 0.3) is 0 Å². The van der Waals surface area contributed by atoms with Crippen molar-refractivity contribution in [2.24, 2.45) is 0 Å². The average molecular weight is 667 g/mol. The molecular weight excluding hydrogens is 637 g/mol. The van der Waals surface area contributed by atoms with Crippen molar-refractivity contribution in [3.05, 3.63) is 182 Å². The molecule has 0 saturated carbocycles. The highest BCUT2D eigenvalue weighted by Gasteiger charge is 2.20. The second-order valence-electron chi connectivity index (χ2n) is 13.3. The molecule has 0 N–H and O–H groups in total. The van der Waals surface area contributed by atoms with Crippen molar-refractivity contribution in [3.8, 4) is 33.6 Å². The molecule has 0 radical (unpaired) electrons. The van der Waals surface area contributed by atoms with Crippen LogP contribution < -0.4 is 0 Å². The van der Waals surface area contributed by atoms with E-state index >= 15 is 0 Å². The van der Waals surface area contributed by atoms with Gasteiger partial charge in [-0.25, -0.2) is 0 Å². The summed E-state index contributed by atoms with van der Waals surface area (Å²) in [6.45, 7) is 0. The van der Waals surface area contributed by atoms with Crippen LogP contribution in [-0.2, 0) is 0 Å². The number of rotatable bonds is 4. The molecule has 0 aliphatic heterocycles. The SMILES string of the molecule is c1ccc(-c2cc3c(cc2-c2ccc4c5ccccc5n(-c5ccccc5)c4c2)c2ccccc2n3-c2ccc3sc4ccccc4c3c2)cc1. The standard InChI is InChI=1S/C48H30N2S/c1-3-13-31(14-4-1)40-30-46-41(36-18-8-11-21-44(36)50(46)34-24-26-48-42(28-34)38-19-9-12-22-47(38)51-48)29-39(40)32-23-25-37-35-17-7-10-20-43(35)49(45(37)27-32)33-15-5-2-6-16-33/h1-30H. The highest BCUT2D eigenvalue weighted by molar-refractivity contribution is 7.25. The summed E-state index contributed by atoms with van der Waals surface area (Å²) in [7, 11) is 0. The minimum absolute atomic E-state index is 1.16. The third kappa shape index (κ3) is 4.29. The van der Waals surface area contributed by atoms with Crippen LogP contribution in [0, 0.1) is 0 Å². The van der Waals surface area contributed by atoms with Crippen LogP contribution in [0.25, 0.3) is 97.4 Å². The molecule has 0 bridgehead atoms. The van der Waals surface area contributed by atoms with Gasteiger partial charge in [-0.3, -0.25) is 0 Å². The minimum Gasteiger partial charge on any atom is -0.309 e. The van der Waals surface area contributed by atoms with Crippen molar-refractivity contribution in [1.82, 2.24) is 9.13 Å². The Bertz CT molecular complexity index is 3130. The molecule has 0 atom stereocenters. The van der Waals surface area contributed by atoms with Crippen molar-refractivity contribution in [2.75, 3.05) is 0 Å². The zero-order chi connectivity index (χ0) is 33.5. The molecule has 0 aliphatic carbocycles. The van der Waals surface area contributed by atoms with E-state index in [1.54, 1.807) is 0 Å². The van der Waals surface area contributed by atoms with Gasteiger partial charge in [0.2, 0.25) is 0 Å². The Labute approximate surface area is 298 Å². The van der Waals surface area contributed by atoms with Gasteiger partial charge in [0.15, 0.2) is 0 Å². The van der Waals surface area contributed by atoms with E-state index in [1.165, 1.54) is 91.7 Å². The molecule has 0 spiro atoms. The topological polar surface area (TPSA) is 9.86 Å². The summed E-state index contributed by atoms with van der Waals surface area (Å²) in [6.07, 6.45) is 0. The Hall–Kier alpha value is -6.42. The lowest BCUT2D eigenvalue weighted by atomic mass is 9.92.